The molecule has 0 spiro atoms. The van der Waals surface area contributed by atoms with Gasteiger partial charge >= 0.3 is 6.03 Å². The van der Waals surface area contributed by atoms with Gasteiger partial charge in [-0.25, -0.2) is 4.79 Å². The van der Waals surface area contributed by atoms with E-state index in [2.05, 4.69) is 29.2 Å². The Morgan fingerprint density at radius 3 is 2.71 bits per heavy atom. The molecular weight excluding hydrogens is 270 g/mol. The zero-order chi connectivity index (χ0) is 15.4. The minimum atomic E-state index is -0.118. The van der Waals surface area contributed by atoms with Crippen LogP contribution >= 0.6 is 0 Å². The number of hydrogen-bond donors (Lipinski definition) is 1. The fourth-order valence-corrected chi connectivity index (χ4v) is 2.56. The monoisotopic (exact) mass is 295 g/mol. The Labute approximate surface area is 125 Å². The Bertz CT molecular complexity index is 466. The number of nitrogens with one attached hydrogen (secondary N) is 1. The molecule has 0 unspecified atom stereocenters. The van der Waals surface area contributed by atoms with Gasteiger partial charge < -0.3 is 9.64 Å². The lowest BCUT2D eigenvalue weighted by atomic mass is 10.2. The van der Waals surface area contributed by atoms with Crippen molar-refractivity contribution < 1.29 is 9.53 Å². The zero-order valence-electron chi connectivity index (χ0n) is 13.2. The number of likely N-dealkylation sites (N-methyl/N-ethyl adjacent to an activating group) is 1. The predicted molar refractivity (Wildman–Crippen MR) is 81.3 cm³/mol. The number of urea groups is 1. The fourth-order valence-electron chi connectivity index (χ4n) is 2.56. The molecule has 1 aromatic rings. The van der Waals surface area contributed by atoms with Crippen LogP contribution in [0.25, 0.3) is 0 Å². The molecule has 1 saturated heterocycles. The first-order chi connectivity index (χ1) is 9.95. The van der Waals surface area contributed by atoms with Gasteiger partial charge in [0.2, 0.25) is 0 Å². The summed E-state index contributed by atoms with van der Waals surface area (Å²) in [5, 5.41) is 6.87. The van der Waals surface area contributed by atoms with E-state index in [9.17, 15) is 4.79 Å². The number of ether oxygens (including phenoxy) is 1. The lowest BCUT2D eigenvalue weighted by Crippen LogP contribution is -2.48. The van der Waals surface area contributed by atoms with Gasteiger partial charge in [-0.3, -0.25) is 14.9 Å². The summed E-state index contributed by atoms with van der Waals surface area (Å²) < 4.78 is 7.35. The molecule has 1 N–H and O–H groups in total. The highest BCUT2D eigenvalue weighted by atomic mass is 16.5. The predicted octanol–water partition coefficient (Wildman–Crippen LogP) is 0.993. The van der Waals surface area contributed by atoms with E-state index in [0.717, 1.165) is 19.6 Å². The molecule has 0 saturated carbocycles. The van der Waals surface area contributed by atoms with Crippen LogP contribution in [0.5, 0.6) is 0 Å². The van der Waals surface area contributed by atoms with Crippen LogP contribution in [0.15, 0.2) is 12.3 Å². The fraction of sp³-hybridized carbons (Fsp3) is 0.714. The van der Waals surface area contributed by atoms with E-state index < -0.39 is 0 Å². The van der Waals surface area contributed by atoms with Crippen LogP contribution in [-0.4, -0.2) is 71.0 Å². The molecule has 0 aromatic carbocycles. The molecule has 0 radical (unpaired) electrons. The number of aromatic nitrogens is 2. The molecule has 2 rings (SSSR count). The number of anilines is 1. The van der Waals surface area contributed by atoms with Gasteiger partial charge in [0.15, 0.2) is 0 Å². The van der Waals surface area contributed by atoms with Gasteiger partial charge in [0.1, 0.15) is 5.82 Å². The van der Waals surface area contributed by atoms with Gasteiger partial charge in [-0.1, -0.05) is 0 Å². The van der Waals surface area contributed by atoms with Crippen LogP contribution in [0.3, 0.4) is 0 Å². The maximum absolute atomic E-state index is 12.1. The number of hydrogen-bond acceptors (Lipinski definition) is 4. The molecule has 2 heterocycles. The molecule has 1 fully saturated rings. The molecule has 2 amide bonds. The summed E-state index contributed by atoms with van der Waals surface area (Å²) in [5.74, 6) is 0.695. The van der Waals surface area contributed by atoms with Crippen molar-refractivity contribution in [2.24, 2.45) is 7.05 Å². The quantitative estimate of drug-likeness (QED) is 0.900. The molecule has 1 aliphatic rings. The summed E-state index contributed by atoms with van der Waals surface area (Å²) in [5.41, 5.74) is 0. The van der Waals surface area contributed by atoms with Gasteiger partial charge in [-0.15, -0.1) is 0 Å². The highest BCUT2D eigenvalue weighted by Gasteiger charge is 2.22. The molecule has 0 aliphatic carbocycles. The highest BCUT2D eigenvalue weighted by Crippen LogP contribution is 2.10. The number of morpholine rings is 1. The van der Waals surface area contributed by atoms with Gasteiger partial charge in [0.25, 0.3) is 0 Å². The number of rotatable bonds is 4. The van der Waals surface area contributed by atoms with Gasteiger partial charge in [0, 0.05) is 46.3 Å². The summed E-state index contributed by atoms with van der Waals surface area (Å²) in [6, 6.07) is 1.66. The molecule has 0 bridgehead atoms. The van der Waals surface area contributed by atoms with Gasteiger partial charge in [0.05, 0.1) is 18.4 Å². The van der Waals surface area contributed by atoms with E-state index in [1.165, 1.54) is 0 Å². The van der Waals surface area contributed by atoms with E-state index in [1.807, 2.05) is 0 Å². The van der Waals surface area contributed by atoms with Crippen molar-refractivity contribution in [3.05, 3.63) is 12.3 Å². The number of carbonyl (C=O) groups is 1. The highest BCUT2D eigenvalue weighted by molar-refractivity contribution is 5.88. The van der Waals surface area contributed by atoms with Crippen molar-refractivity contribution in [3.8, 4) is 0 Å². The number of carbonyl (C=O) groups excluding carboxylic acids is 1. The van der Waals surface area contributed by atoms with Crippen LogP contribution in [0.1, 0.15) is 13.8 Å². The lowest BCUT2D eigenvalue weighted by molar-refractivity contribution is -0.0684. The van der Waals surface area contributed by atoms with E-state index in [-0.39, 0.29) is 18.2 Å². The average molecular weight is 295 g/mol. The first-order valence-electron chi connectivity index (χ1n) is 7.33. The molecule has 7 nitrogen and oxygen atoms in total. The van der Waals surface area contributed by atoms with Crippen molar-refractivity contribution in [2.45, 2.75) is 26.1 Å². The molecule has 2 atom stereocenters. The Balaban J connectivity index is 1.77. The first kappa shape index (κ1) is 15.8. The van der Waals surface area contributed by atoms with Crippen molar-refractivity contribution >= 4 is 11.8 Å². The molecule has 1 aliphatic heterocycles. The summed E-state index contributed by atoms with van der Waals surface area (Å²) in [6.07, 6.45) is 2.16. The number of amides is 2. The lowest BCUT2D eigenvalue weighted by Gasteiger charge is -2.36. The molecule has 21 heavy (non-hydrogen) atoms. The van der Waals surface area contributed by atoms with Crippen molar-refractivity contribution in [2.75, 3.05) is 38.5 Å². The number of aryl methyl sites for hydroxylation is 1. The van der Waals surface area contributed by atoms with Gasteiger partial charge in [-0.05, 0) is 13.8 Å². The smallest absolute Gasteiger partial charge is 0.322 e. The van der Waals surface area contributed by atoms with Crippen molar-refractivity contribution in [1.29, 1.82) is 0 Å². The van der Waals surface area contributed by atoms with Crippen LogP contribution in [0, 0.1) is 0 Å². The summed E-state index contributed by atoms with van der Waals surface area (Å²) >= 11 is 0. The van der Waals surface area contributed by atoms with Crippen molar-refractivity contribution in [1.82, 2.24) is 19.6 Å². The van der Waals surface area contributed by atoms with Gasteiger partial charge in [-0.2, -0.15) is 5.10 Å². The summed E-state index contributed by atoms with van der Waals surface area (Å²) in [7, 11) is 3.60. The first-order valence-corrected chi connectivity index (χ1v) is 7.33. The molecular formula is C14H25N5O2. The van der Waals surface area contributed by atoms with E-state index in [1.54, 1.807) is 35.9 Å². The topological polar surface area (TPSA) is 62.6 Å². The van der Waals surface area contributed by atoms with E-state index >= 15 is 0 Å². The second-order valence-corrected chi connectivity index (χ2v) is 5.71. The van der Waals surface area contributed by atoms with Crippen LogP contribution < -0.4 is 5.32 Å². The van der Waals surface area contributed by atoms with Crippen LogP contribution in [0.2, 0.25) is 0 Å². The zero-order valence-corrected chi connectivity index (χ0v) is 13.2. The van der Waals surface area contributed by atoms with Crippen LogP contribution in [-0.2, 0) is 11.8 Å². The Morgan fingerprint density at radius 1 is 1.48 bits per heavy atom. The normalized spacial score (nSPS) is 23.0. The standard InChI is InChI=1S/C14H25N5O2/c1-11-9-19(10-12(2)21-11)8-7-17(3)14(20)16-13-5-6-15-18(13)4/h5-6,11-12H,7-10H2,1-4H3,(H,16,20)/t11-,12+. The number of nitrogens with zero attached hydrogens (tertiary/aromatic N) is 4. The Kier molecular flexibility index (Phi) is 5.19. The molecule has 7 heteroatoms. The maximum Gasteiger partial charge on any atom is 0.322 e. The molecule has 118 valence electrons. The largest absolute Gasteiger partial charge is 0.373 e. The van der Waals surface area contributed by atoms with E-state index in [4.69, 9.17) is 4.74 Å². The Hall–Kier alpha value is -1.60. The third-order valence-electron chi connectivity index (χ3n) is 3.65. The summed E-state index contributed by atoms with van der Waals surface area (Å²) in [6.45, 7) is 7.54. The average Bonchev–Trinajstić information content (AvgIpc) is 2.80. The SMILES string of the molecule is C[C@@H]1CN(CCN(C)C(=O)Nc2ccnn2C)C[C@H](C)O1. The second kappa shape index (κ2) is 6.91. The Morgan fingerprint density at radius 2 is 2.14 bits per heavy atom. The van der Waals surface area contributed by atoms with E-state index in [0.29, 0.717) is 12.4 Å². The third-order valence-corrected chi connectivity index (χ3v) is 3.65. The molecule has 1 aromatic heterocycles. The minimum Gasteiger partial charge on any atom is -0.373 e. The second-order valence-electron chi connectivity index (χ2n) is 5.71. The third kappa shape index (κ3) is 4.44. The maximum atomic E-state index is 12.1. The van der Waals surface area contributed by atoms with Crippen molar-refractivity contribution in [3.63, 3.8) is 0 Å². The minimum absolute atomic E-state index is 0.118. The van der Waals surface area contributed by atoms with Crippen LogP contribution in [0.4, 0.5) is 10.6 Å². The summed E-state index contributed by atoms with van der Waals surface area (Å²) in [4.78, 5) is 16.1.